The van der Waals surface area contributed by atoms with Crippen LogP contribution in [0.2, 0.25) is 0 Å². The lowest BCUT2D eigenvalue weighted by Gasteiger charge is -2.23. The van der Waals surface area contributed by atoms with Crippen molar-refractivity contribution in [3.63, 3.8) is 0 Å². The molecule has 31 heavy (non-hydrogen) atoms. The zero-order valence-corrected chi connectivity index (χ0v) is 17.7. The van der Waals surface area contributed by atoms with Crippen molar-refractivity contribution in [1.82, 2.24) is 0 Å². The maximum atomic E-state index is 13.5. The van der Waals surface area contributed by atoms with Crippen LogP contribution >= 0.6 is 11.8 Å². The molecule has 0 fully saturated rings. The average molecular weight is 423 g/mol. The third-order valence-corrected chi connectivity index (χ3v) is 6.59. The molecule has 0 aliphatic heterocycles. The van der Waals surface area contributed by atoms with Gasteiger partial charge in [0.05, 0.1) is 10.5 Å². The first-order chi connectivity index (χ1) is 15.2. The molecule has 0 N–H and O–H groups in total. The van der Waals surface area contributed by atoms with E-state index in [0.717, 1.165) is 11.1 Å². The highest BCUT2D eigenvalue weighted by molar-refractivity contribution is 8.01. The Balaban J connectivity index is 1.75. The van der Waals surface area contributed by atoms with Gasteiger partial charge in [-0.1, -0.05) is 121 Å². The van der Waals surface area contributed by atoms with Crippen LogP contribution in [-0.4, -0.2) is 11.6 Å². The summed E-state index contributed by atoms with van der Waals surface area (Å²) in [7, 11) is 0. The second kappa shape index (κ2) is 10.1. The molecule has 3 heteroatoms. The summed E-state index contributed by atoms with van der Waals surface area (Å²) in [5.41, 5.74) is 3.07. The number of carbonyl (C=O) groups is 2. The lowest BCUT2D eigenvalue weighted by molar-refractivity contribution is 0.0988. The molecular formula is C28H22O2S. The molecule has 0 unspecified atom stereocenters. The summed E-state index contributed by atoms with van der Waals surface area (Å²) in [5, 5.41) is -0.997. The van der Waals surface area contributed by atoms with E-state index in [1.807, 2.05) is 121 Å². The number of hydrogen-bond donors (Lipinski definition) is 0. The molecule has 0 heterocycles. The molecule has 0 aliphatic rings. The smallest absolute Gasteiger partial charge is 0.180 e. The predicted octanol–water partition coefficient (Wildman–Crippen LogP) is 6.97. The number of benzene rings is 4. The molecule has 0 aliphatic carbocycles. The number of thioether (sulfide) groups is 1. The Bertz CT molecular complexity index is 1030. The summed E-state index contributed by atoms with van der Waals surface area (Å²) in [6.45, 7) is 0. The van der Waals surface area contributed by atoms with Gasteiger partial charge in [0.2, 0.25) is 0 Å². The molecule has 0 spiro atoms. The quantitative estimate of drug-likeness (QED) is 0.288. The highest BCUT2D eigenvalue weighted by Gasteiger charge is 2.31. The average Bonchev–Trinajstić information content (AvgIpc) is 2.86. The van der Waals surface area contributed by atoms with E-state index >= 15 is 0 Å². The Morgan fingerprint density at radius 3 is 1.06 bits per heavy atom. The second-order valence-electron chi connectivity index (χ2n) is 7.18. The van der Waals surface area contributed by atoms with E-state index in [9.17, 15) is 9.59 Å². The number of Topliss-reactive ketones (excluding diaryl/α,β-unsaturated/α-hetero) is 2. The molecule has 2 atom stereocenters. The maximum absolute atomic E-state index is 13.5. The fourth-order valence-electron chi connectivity index (χ4n) is 3.48. The van der Waals surface area contributed by atoms with Crippen LogP contribution in [0.25, 0.3) is 0 Å². The molecule has 4 aromatic rings. The Morgan fingerprint density at radius 1 is 0.452 bits per heavy atom. The van der Waals surface area contributed by atoms with Crippen molar-refractivity contribution in [2.45, 2.75) is 10.5 Å². The normalized spacial score (nSPS) is 12.6. The minimum atomic E-state index is -0.499. The van der Waals surface area contributed by atoms with Gasteiger partial charge in [-0.3, -0.25) is 9.59 Å². The van der Waals surface area contributed by atoms with Crippen molar-refractivity contribution in [3.05, 3.63) is 144 Å². The van der Waals surface area contributed by atoms with Crippen LogP contribution in [-0.2, 0) is 0 Å². The first-order valence-corrected chi connectivity index (χ1v) is 11.1. The fraction of sp³-hybridized carbons (Fsp3) is 0.0714. The molecule has 4 rings (SSSR count). The zero-order chi connectivity index (χ0) is 21.5. The molecule has 0 amide bonds. The number of carbonyl (C=O) groups excluding carboxylic acids is 2. The van der Waals surface area contributed by atoms with Crippen LogP contribution < -0.4 is 0 Å². The van der Waals surface area contributed by atoms with E-state index in [1.54, 1.807) is 0 Å². The van der Waals surface area contributed by atoms with Gasteiger partial charge in [-0.25, -0.2) is 0 Å². The second-order valence-corrected chi connectivity index (χ2v) is 8.39. The van der Waals surface area contributed by atoms with Gasteiger partial charge in [-0.15, -0.1) is 11.8 Å². The van der Waals surface area contributed by atoms with Crippen LogP contribution in [0.5, 0.6) is 0 Å². The minimum Gasteiger partial charge on any atom is -0.293 e. The maximum Gasteiger partial charge on any atom is 0.180 e. The van der Waals surface area contributed by atoms with Gasteiger partial charge >= 0.3 is 0 Å². The zero-order valence-electron chi connectivity index (χ0n) is 16.9. The molecule has 152 valence electrons. The summed E-state index contributed by atoms with van der Waals surface area (Å²) in [4.78, 5) is 27.1. The molecule has 4 aromatic carbocycles. The van der Waals surface area contributed by atoms with E-state index in [-0.39, 0.29) is 11.6 Å². The van der Waals surface area contributed by atoms with Gasteiger partial charge in [0.1, 0.15) is 0 Å². The summed E-state index contributed by atoms with van der Waals surface area (Å²) >= 11 is 1.40. The summed E-state index contributed by atoms with van der Waals surface area (Å²) in [5.74, 6) is -0.00261. The van der Waals surface area contributed by atoms with E-state index in [1.165, 1.54) is 11.8 Å². The first-order valence-electron chi connectivity index (χ1n) is 10.2. The van der Waals surface area contributed by atoms with E-state index in [2.05, 4.69) is 0 Å². The molecule has 0 aromatic heterocycles. The Labute approximate surface area is 187 Å². The number of ketones is 2. The molecule has 0 saturated heterocycles. The Hall–Kier alpha value is -3.43. The van der Waals surface area contributed by atoms with Gasteiger partial charge in [0.15, 0.2) is 11.6 Å². The molecule has 0 radical (unpaired) electrons. The predicted molar refractivity (Wildman–Crippen MR) is 128 cm³/mol. The van der Waals surface area contributed by atoms with Crippen LogP contribution in [0.4, 0.5) is 0 Å². The lowest BCUT2D eigenvalue weighted by Crippen LogP contribution is -2.16. The van der Waals surface area contributed by atoms with Crippen molar-refractivity contribution < 1.29 is 9.59 Å². The Morgan fingerprint density at radius 2 is 0.742 bits per heavy atom. The lowest BCUT2D eigenvalue weighted by atomic mass is 10.0. The van der Waals surface area contributed by atoms with Crippen LogP contribution in [0.3, 0.4) is 0 Å². The Kier molecular flexibility index (Phi) is 6.75. The summed E-state index contributed by atoms with van der Waals surface area (Å²) in [6.07, 6.45) is 0. The molecular weight excluding hydrogens is 400 g/mol. The van der Waals surface area contributed by atoms with Crippen molar-refractivity contribution in [3.8, 4) is 0 Å². The monoisotopic (exact) mass is 422 g/mol. The number of rotatable bonds is 8. The van der Waals surface area contributed by atoms with Gasteiger partial charge < -0.3 is 0 Å². The van der Waals surface area contributed by atoms with Crippen molar-refractivity contribution >= 4 is 23.3 Å². The fourth-order valence-corrected chi connectivity index (χ4v) is 4.90. The van der Waals surface area contributed by atoms with E-state index in [0.29, 0.717) is 11.1 Å². The number of hydrogen-bond acceptors (Lipinski definition) is 3. The van der Waals surface area contributed by atoms with Gasteiger partial charge in [-0.2, -0.15) is 0 Å². The van der Waals surface area contributed by atoms with E-state index in [4.69, 9.17) is 0 Å². The van der Waals surface area contributed by atoms with Gasteiger partial charge in [-0.05, 0) is 11.1 Å². The third kappa shape index (κ3) is 5.01. The molecule has 0 saturated carbocycles. The van der Waals surface area contributed by atoms with Gasteiger partial charge in [0.25, 0.3) is 0 Å². The van der Waals surface area contributed by atoms with Crippen LogP contribution in [0.15, 0.2) is 121 Å². The summed E-state index contributed by atoms with van der Waals surface area (Å²) < 4.78 is 0. The SMILES string of the molecule is O=C(c1ccccc1)[C@@H](S[C@@H](C(=O)c1ccccc1)c1ccccc1)c1ccccc1. The highest BCUT2D eigenvalue weighted by atomic mass is 32.2. The van der Waals surface area contributed by atoms with Crippen molar-refractivity contribution in [2.75, 3.05) is 0 Å². The summed E-state index contributed by atoms with van der Waals surface area (Å²) in [6, 6.07) is 38.0. The van der Waals surface area contributed by atoms with E-state index < -0.39 is 10.5 Å². The van der Waals surface area contributed by atoms with Crippen LogP contribution in [0.1, 0.15) is 42.3 Å². The standard InChI is InChI=1S/C28H22O2S/c29-25(21-13-5-1-6-14-21)27(23-17-9-3-10-18-23)31-28(24-19-11-4-12-20-24)26(30)22-15-7-2-8-16-22/h1-20,27-28H/t27-,28+. The topological polar surface area (TPSA) is 34.1 Å². The largest absolute Gasteiger partial charge is 0.293 e. The van der Waals surface area contributed by atoms with Gasteiger partial charge in [0, 0.05) is 11.1 Å². The first kappa shape index (κ1) is 20.8. The highest BCUT2D eigenvalue weighted by Crippen LogP contribution is 2.44. The molecule has 0 bridgehead atoms. The van der Waals surface area contributed by atoms with Crippen molar-refractivity contribution in [2.24, 2.45) is 0 Å². The molecule has 2 nitrogen and oxygen atoms in total. The van der Waals surface area contributed by atoms with Crippen LogP contribution in [0, 0.1) is 0 Å². The minimum absolute atomic E-state index is 0.00130. The van der Waals surface area contributed by atoms with Crippen molar-refractivity contribution in [1.29, 1.82) is 0 Å². The third-order valence-electron chi connectivity index (χ3n) is 5.07.